The van der Waals surface area contributed by atoms with Crippen molar-refractivity contribution in [1.29, 1.82) is 0 Å². The van der Waals surface area contributed by atoms with Gasteiger partial charge in [0.25, 0.3) is 0 Å². The molecule has 0 fully saturated rings. The van der Waals surface area contributed by atoms with Gasteiger partial charge in [-0.2, -0.15) is 0 Å². The van der Waals surface area contributed by atoms with Gasteiger partial charge in [-0.25, -0.2) is 9.97 Å². The number of aromatic nitrogens is 3. The largest absolute Gasteiger partial charge is 0.395 e. The van der Waals surface area contributed by atoms with Gasteiger partial charge in [0.15, 0.2) is 0 Å². The molecule has 1 aromatic carbocycles. The van der Waals surface area contributed by atoms with Crippen molar-refractivity contribution in [1.82, 2.24) is 15.0 Å². The van der Waals surface area contributed by atoms with E-state index < -0.39 is 0 Å². The lowest BCUT2D eigenvalue weighted by atomic mass is 10.1. The van der Waals surface area contributed by atoms with Gasteiger partial charge in [-0.05, 0) is 13.0 Å². The fourth-order valence-corrected chi connectivity index (χ4v) is 2.36. The normalized spacial score (nSPS) is 10.9. The summed E-state index contributed by atoms with van der Waals surface area (Å²) in [6.45, 7) is 2.56. The Morgan fingerprint density at radius 2 is 1.95 bits per heavy atom. The van der Waals surface area contributed by atoms with E-state index in [4.69, 9.17) is 5.11 Å². The Kier molecular flexibility index (Phi) is 3.35. The van der Waals surface area contributed by atoms with Crippen molar-refractivity contribution in [3.63, 3.8) is 0 Å². The average molecular weight is 268 g/mol. The van der Waals surface area contributed by atoms with E-state index in [2.05, 4.69) is 32.4 Å². The Morgan fingerprint density at radius 3 is 2.70 bits per heavy atom. The number of H-pyrrole nitrogens is 1. The highest BCUT2D eigenvalue weighted by atomic mass is 16.3. The van der Waals surface area contributed by atoms with Crippen LogP contribution in [-0.4, -0.2) is 33.2 Å². The number of anilines is 1. The molecule has 2 heterocycles. The first-order valence-electron chi connectivity index (χ1n) is 6.54. The molecule has 3 N–H and O–H groups in total. The zero-order valence-corrected chi connectivity index (χ0v) is 11.2. The minimum Gasteiger partial charge on any atom is -0.395 e. The zero-order valence-electron chi connectivity index (χ0n) is 11.2. The van der Waals surface area contributed by atoms with E-state index in [0.29, 0.717) is 12.5 Å². The first-order chi connectivity index (χ1) is 9.79. The SMILES string of the molecule is Cc1[nH]c2ccccc2c1-c1cnc(NCCO)nc1. The van der Waals surface area contributed by atoms with Gasteiger partial charge in [-0.1, -0.05) is 18.2 Å². The van der Waals surface area contributed by atoms with Crippen molar-refractivity contribution in [2.45, 2.75) is 6.92 Å². The van der Waals surface area contributed by atoms with Gasteiger partial charge in [-0.3, -0.25) is 0 Å². The fraction of sp³-hybridized carbons (Fsp3) is 0.200. The summed E-state index contributed by atoms with van der Waals surface area (Å²) < 4.78 is 0. The molecule has 5 nitrogen and oxygen atoms in total. The van der Waals surface area contributed by atoms with Gasteiger partial charge in [0, 0.05) is 46.7 Å². The van der Waals surface area contributed by atoms with Crippen LogP contribution in [0.3, 0.4) is 0 Å². The monoisotopic (exact) mass is 268 g/mol. The van der Waals surface area contributed by atoms with Gasteiger partial charge in [-0.15, -0.1) is 0 Å². The highest BCUT2D eigenvalue weighted by Gasteiger charge is 2.10. The number of para-hydroxylation sites is 1. The van der Waals surface area contributed by atoms with Crippen LogP contribution >= 0.6 is 0 Å². The number of hydrogen-bond donors (Lipinski definition) is 3. The van der Waals surface area contributed by atoms with Crippen LogP contribution in [0, 0.1) is 6.92 Å². The summed E-state index contributed by atoms with van der Waals surface area (Å²) in [6.07, 6.45) is 3.60. The van der Waals surface area contributed by atoms with Gasteiger partial charge in [0.05, 0.1) is 6.61 Å². The molecule has 0 aliphatic carbocycles. The molecule has 0 saturated carbocycles. The van der Waals surface area contributed by atoms with Crippen LogP contribution in [-0.2, 0) is 0 Å². The summed E-state index contributed by atoms with van der Waals surface area (Å²) >= 11 is 0. The summed E-state index contributed by atoms with van der Waals surface area (Å²) in [5, 5.41) is 12.9. The quantitative estimate of drug-likeness (QED) is 0.679. The van der Waals surface area contributed by atoms with E-state index in [1.165, 1.54) is 5.39 Å². The molecule has 102 valence electrons. The highest BCUT2D eigenvalue weighted by Crippen LogP contribution is 2.31. The van der Waals surface area contributed by atoms with Gasteiger partial charge in [0.1, 0.15) is 0 Å². The Labute approximate surface area is 116 Å². The van der Waals surface area contributed by atoms with Crippen LogP contribution in [0.15, 0.2) is 36.7 Å². The second-order valence-electron chi connectivity index (χ2n) is 4.62. The predicted octanol–water partition coefficient (Wildman–Crippen LogP) is 2.34. The van der Waals surface area contributed by atoms with Crippen LogP contribution in [0.2, 0.25) is 0 Å². The maximum atomic E-state index is 8.76. The summed E-state index contributed by atoms with van der Waals surface area (Å²) in [4.78, 5) is 11.9. The van der Waals surface area contributed by atoms with Crippen molar-refractivity contribution >= 4 is 16.9 Å². The number of hydrogen-bond acceptors (Lipinski definition) is 4. The maximum Gasteiger partial charge on any atom is 0.222 e. The Bertz CT molecular complexity index is 718. The molecule has 0 spiro atoms. The lowest BCUT2D eigenvalue weighted by Crippen LogP contribution is -2.08. The molecule has 0 aliphatic rings. The summed E-state index contributed by atoms with van der Waals surface area (Å²) in [5.74, 6) is 0.528. The maximum absolute atomic E-state index is 8.76. The smallest absolute Gasteiger partial charge is 0.222 e. The third kappa shape index (κ3) is 2.23. The molecule has 5 heteroatoms. The van der Waals surface area contributed by atoms with E-state index in [1.807, 2.05) is 19.1 Å². The topological polar surface area (TPSA) is 73.8 Å². The van der Waals surface area contributed by atoms with Crippen molar-refractivity contribution in [2.24, 2.45) is 0 Å². The van der Waals surface area contributed by atoms with Crippen molar-refractivity contribution in [3.8, 4) is 11.1 Å². The first kappa shape index (κ1) is 12.6. The van der Waals surface area contributed by atoms with Crippen molar-refractivity contribution in [3.05, 3.63) is 42.4 Å². The molecular formula is C15H16N4O. The molecule has 20 heavy (non-hydrogen) atoms. The van der Waals surface area contributed by atoms with Crippen LogP contribution in [0.4, 0.5) is 5.95 Å². The molecule has 3 rings (SSSR count). The molecule has 0 bridgehead atoms. The molecule has 0 radical (unpaired) electrons. The third-order valence-corrected chi connectivity index (χ3v) is 3.23. The molecule has 0 atom stereocenters. The molecular weight excluding hydrogens is 252 g/mol. The molecule has 2 aromatic heterocycles. The van der Waals surface area contributed by atoms with E-state index in [0.717, 1.165) is 22.3 Å². The first-order valence-corrected chi connectivity index (χ1v) is 6.54. The fourth-order valence-electron chi connectivity index (χ4n) is 2.36. The van der Waals surface area contributed by atoms with E-state index in [9.17, 15) is 0 Å². The standard InChI is InChI=1S/C15H16N4O/c1-10-14(12-4-2-3-5-13(12)19-10)11-8-17-15(18-9-11)16-6-7-20/h2-5,8-9,19-20H,6-7H2,1H3,(H,16,17,18). The molecule has 0 unspecified atom stereocenters. The minimum absolute atomic E-state index is 0.0622. The van der Waals surface area contributed by atoms with Crippen LogP contribution in [0.5, 0.6) is 0 Å². The van der Waals surface area contributed by atoms with Gasteiger partial charge < -0.3 is 15.4 Å². The average Bonchev–Trinajstić information content (AvgIpc) is 2.81. The summed E-state index contributed by atoms with van der Waals surface area (Å²) in [6, 6.07) is 8.19. The molecule has 0 aliphatic heterocycles. The van der Waals surface area contributed by atoms with Crippen LogP contribution in [0.1, 0.15) is 5.69 Å². The van der Waals surface area contributed by atoms with Crippen LogP contribution < -0.4 is 5.32 Å². The number of aliphatic hydroxyl groups is 1. The van der Waals surface area contributed by atoms with E-state index in [-0.39, 0.29) is 6.61 Å². The van der Waals surface area contributed by atoms with Crippen molar-refractivity contribution < 1.29 is 5.11 Å². The second-order valence-corrected chi connectivity index (χ2v) is 4.62. The molecule has 0 amide bonds. The number of rotatable bonds is 4. The molecule has 3 aromatic rings. The number of aliphatic hydroxyl groups excluding tert-OH is 1. The van der Waals surface area contributed by atoms with Gasteiger partial charge in [0.2, 0.25) is 5.95 Å². The zero-order chi connectivity index (χ0) is 13.9. The second kappa shape index (κ2) is 5.30. The number of aromatic amines is 1. The third-order valence-electron chi connectivity index (χ3n) is 3.23. The van der Waals surface area contributed by atoms with E-state index in [1.54, 1.807) is 12.4 Å². The minimum atomic E-state index is 0.0622. The number of nitrogens with one attached hydrogen (secondary N) is 2. The highest BCUT2D eigenvalue weighted by molar-refractivity contribution is 5.97. The number of benzene rings is 1. The predicted molar refractivity (Wildman–Crippen MR) is 79.6 cm³/mol. The summed E-state index contributed by atoms with van der Waals surface area (Å²) in [7, 11) is 0. The number of aryl methyl sites for hydroxylation is 1. The van der Waals surface area contributed by atoms with Crippen LogP contribution in [0.25, 0.3) is 22.0 Å². The summed E-state index contributed by atoms with van der Waals surface area (Å²) in [5.41, 5.74) is 4.33. The lowest BCUT2D eigenvalue weighted by molar-refractivity contribution is 0.311. The number of fused-ring (bicyclic) bond motifs is 1. The van der Waals surface area contributed by atoms with Gasteiger partial charge >= 0.3 is 0 Å². The number of nitrogens with zero attached hydrogens (tertiary/aromatic N) is 2. The van der Waals surface area contributed by atoms with E-state index >= 15 is 0 Å². The van der Waals surface area contributed by atoms with Crippen molar-refractivity contribution in [2.75, 3.05) is 18.5 Å². The Hall–Kier alpha value is -2.40. The lowest BCUT2D eigenvalue weighted by Gasteiger charge is -2.04. The Balaban J connectivity index is 2.00. The Morgan fingerprint density at radius 1 is 1.20 bits per heavy atom. The molecule has 0 saturated heterocycles.